The SMILES string of the molecule is CO[C@H](C)C(=O)NCCc1nc(-c2ccccc2)c(C)s1. The van der Waals surface area contributed by atoms with Crippen LogP contribution >= 0.6 is 11.3 Å². The monoisotopic (exact) mass is 304 g/mol. The Labute approximate surface area is 129 Å². The molecule has 0 aliphatic heterocycles. The molecule has 0 spiro atoms. The molecule has 112 valence electrons. The summed E-state index contributed by atoms with van der Waals surface area (Å²) in [5.41, 5.74) is 2.17. The van der Waals surface area contributed by atoms with Gasteiger partial charge in [0.1, 0.15) is 6.10 Å². The van der Waals surface area contributed by atoms with Crippen molar-refractivity contribution in [2.45, 2.75) is 26.4 Å². The van der Waals surface area contributed by atoms with E-state index in [4.69, 9.17) is 4.74 Å². The van der Waals surface area contributed by atoms with Crippen LogP contribution in [-0.4, -0.2) is 30.6 Å². The van der Waals surface area contributed by atoms with E-state index in [1.165, 1.54) is 12.0 Å². The predicted molar refractivity (Wildman–Crippen MR) is 85.5 cm³/mol. The van der Waals surface area contributed by atoms with Gasteiger partial charge in [-0.15, -0.1) is 11.3 Å². The van der Waals surface area contributed by atoms with Crippen molar-refractivity contribution < 1.29 is 9.53 Å². The largest absolute Gasteiger partial charge is 0.372 e. The van der Waals surface area contributed by atoms with E-state index in [9.17, 15) is 4.79 Å². The third-order valence-corrected chi connectivity index (χ3v) is 4.28. The number of amides is 1. The predicted octanol–water partition coefficient (Wildman–Crippen LogP) is 2.81. The molecule has 0 unspecified atom stereocenters. The highest BCUT2D eigenvalue weighted by molar-refractivity contribution is 7.12. The molecular weight excluding hydrogens is 284 g/mol. The topological polar surface area (TPSA) is 51.2 Å². The lowest BCUT2D eigenvalue weighted by atomic mass is 10.1. The first-order chi connectivity index (χ1) is 10.1. The molecule has 0 radical (unpaired) electrons. The smallest absolute Gasteiger partial charge is 0.248 e. The van der Waals surface area contributed by atoms with Gasteiger partial charge in [0.25, 0.3) is 0 Å². The number of ether oxygens (including phenoxy) is 1. The number of aryl methyl sites for hydroxylation is 1. The molecule has 1 heterocycles. The Morgan fingerprint density at radius 2 is 2.10 bits per heavy atom. The summed E-state index contributed by atoms with van der Waals surface area (Å²) in [4.78, 5) is 17.5. The van der Waals surface area contributed by atoms with Gasteiger partial charge >= 0.3 is 0 Å². The second-order valence-corrected chi connectivity index (χ2v) is 6.09. The first kappa shape index (κ1) is 15.7. The van der Waals surface area contributed by atoms with Crippen LogP contribution in [0.15, 0.2) is 30.3 Å². The van der Waals surface area contributed by atoms with Gasteiger partial charge in [-0.1, -0.05) is 30.3 Å². The fourth-order valence-corrected chi connectivity index (χ4v) is 2.92. The molecule has 1 atom stereocenters. The highest BCUT2D eigenvalue weighted by atomic mass is 32.1. The Hall–Kier alpha value is -1.72. The summed E-state index contributed by atoms with van der Waals surface area (Å²) in [7, 11) is 1.53. The summed E-state index contributed by atoms with van der Waals surface area (Å²) in [6.07, 6.45) is 0.323. The summed E-state index contributed by atoms with van der Waals surface area (Å²) in [5, 5.41) is 3.89. The molecule has 1 N–H and O–H groups in total. The van der Waals surface area contributed by atoms with E-state index in [1.54, 1.807) is 18.3 Å². The van der Waals surface area contributed by atoms with E-state index in [0.717, 1.165) is 22.7 Å². The van der Waals surface area contributed by atoms with E-state index in [2.05, 4.69) is 29.4 Å². The van der Waals surface area contributed by atoms with Crippen molar-refractivity contribution in [3.05, 3.63) is 40.2 Å². The lowest BCUT2D eigenvalue weighted by Gasteiger charge is -2.09. The van der Waals surface area contributed by atoms with Crippen LogP contribution in [0.3, 0.4) is 0 Å². The van der Waals surface area contributed by atoms with Gasteiger partial charge in [0, 0.05) is 30.5 Å². The highest BCUT2D eigenvalue weighted by Gasteiger charge is 2.12. The molecule has 4 nitrogen and oxygen atoms in total. The van der Waals surface area contributed by atoms with Crippen LogP contribution in [0, 0.1) is 6.92 Å². The van der Waals surface area contributed by atoms with E-state index in [0.29, 0.717) is 6.54 Å². The molecule has 5 heteroatoms. The fourth-order valence-electron chi connectivity index (χ4n) is 1.97. The molecule has 0 saturated heterocycles. The van der Waals surface area contributed by atoms with Crippen molar-refractivity contribution in [2.24, 2.45) is 0 Å². The molecule has 1 amide bonds. The average Bonchev–Trinajstić information content (AvgIpc) is 2.88. The number of nitrogens with one attached hydrogen (secondary N) is 1. The second-order valence-electron chi connectivity index (χ2n) is 4.80. The minimum atomic E-state index is -0.414. The minimum Gasteiger partial charge on any atom is -0.372 e. The minimum absolute atomic E-state index is 0.0888. The van der Waals surface area contributed by atoms with E-state index in [1.807, 2.05) is 18.2 Å². The van der Waals surface area contributed by atoms with Crippen LogP contribution in [0.5, 0.6) is 0 Å². The summed E-state index contributed by atoms with van der Waals surface area (Å²) >= 11 is 1.68. The summed E-state index contributed by atoms with van der Waals surface area (Å²) in [6.45, 7) is 4.39. The maximum Gasteiger partial charge on any atom is 0.248 e. The fraction of sp³-hybridized carbons (Fsp3) is 0.375. The molecule has 0 fully saturated rings. The molecular formula is C16H20N2O2S. The molecule has 2 aromatic rings. The van der Waals surface area contributed by atoms with Gasteiger partial charge in [-0.3, -0.25) is 4.79 Å². The Kier molecular flexibility index (Phi) is 5.47. The summed E-state index contributed by atoms with van der Waals surface area (Å²) < 4.78 is 4.97. The van der Waals surface area contributed by atoms with Crippen molar-refractivity contribution in [1.82, 2.24) is 10.3 Å². The van der Waals surface area contributed by atoms with Crippen molar-refractivity contribution >= 4 is 17.2 Å². The Bertz CT molecular complexity index is 596. The van der Waals surface area contributed by atoms with Crippen molar-refractivity contribution in [3.63, 3.8) is 0 Å². The Morgan fingerprint density at radius 1 is 1.38 bits per heavy atom. The maximum absolute atomic E-state index is 11.6. The van der Waals surface area contributed by atoms with Crippen molar-refractivity contribution in [2.75, 3.05) is 13.7 Å². The number of aromatic nitrogens is 1. The van der Waals surface area contributed by atoms with Crippen LogP contribution in [0.1, 0.15) is 16.8 Å². The van der Waals surface area contributed by atoms with Crippen LogP contribution < -0.4 is 5.32 Å². The van der Waals surface area contributed by atoms with Crippen LogP contribution in [0.4, 0.5) is 0 Å². The first-order valence-corrected chi connectivity index (χ1v) is 7.75. The zero-order valence-corrected chi connectivity index (χ0v) is 13.4. The number of rotatable bonds is 6. The van der Waals surface area contributed by atoms with Gasteiger partial charge in [0.05, 0.1) is 10.7 Å². The van der Waals surface area contributed by atoms with Gasteiger partial charge in [-0.25, -0.2) is 4.98 Å². The highest BCUT2D eigenvalue weighted by Crippen LogP contribution is 2.27. The number of nitrogens with zero attached hydrogens (tertiary/aromatic N) is 1. The number of benzene rings is 1. The molecule has 0 aliphatic rings. The molecule has 2 rings (SSSR count). The molecule has 0 saturated carbocycles. The third-order valence-electron chi connectivity index (χ3n) is 3.25. The van der Waals surface area contributed by atoms with Crippen LogP contribution in [0.25, 0.3) is 11.3 Å². The van der Waals surface area contributed by atoms with Gasteiger partial charge in [-0.2, -0.15) is 0 Å². The number of methoxy groups -OCH3 is 1. The number of hydrogen-bond acceptors (Lipinski definition) is 4. The summed E-state index contributed by atoms with van der Waals surface area (Å²) in [5.74, 6) is -0.0888. The number of hydrogen-bond donors (Lipinski definition) is 1. The number of thiazole rings is 1. The van der Waals surface area contributed by atoms with E-state index < -0.39 is 6.10 Å². The zero-order valence-electron chi connectivity index (χ0n) is 12.6. The first-order valence-electron chi connectivity index (χ1n) is 6.94. The Morgan fingerprint density at radius 3 is 2.76 bits per heavy atom. The van der Waals surface area contributed by atoms with E-state index in [-0.39, 0.29) is 5.91 Å². The summed E-state index contributed by atoms with van der Waals surface area (Å²) in [6, 6.07) is 10.2. The zero-order chi connectivity index (χ0) is 15.2. The quantitative estimate of drug-likeness (QED) is 0.893. The van der Waals surface area contributed by atoms with E-state index >= 15 is 0 Å². The molecule has 21 heavy (non-hydrogen) atoms. The van der Waals surface area contributed by atoms with Gasteiger partial charge in [-0.05, 0) is 13.8 Å². The van der Waals surface area contributed by atoms with Crippen LogP contribution in [-0.2, 0) is 16.0 Å². The Balaban J connectivity index is 1.96. The van der Waals surface area contributed by atoms with Gasteiger partial charge in [0.15, 0.2) is 0 Å². The van der Waals surface area contributed by atoms with Gasteiger partial charge in [0.2, 0.25) is 5.91 Å². The lowest BCUT2D eigenvalue weighted by molar-refractivity contribution is -0.129. The third kappa shape index (κ3) is 4.12. The average molecular weight is 304 g/mol. The second kappa shape index (κ2) is 7.33. The molecule has 1 aromatic carbocycles. The van der Waals surface area contributed by atoms with Gasteiger partial charge < -0.3 is 10.1 Å². The molecule has 0 aliphatic carbocycles. The number of carbonyl (C=O) groups is 1. The lowest BCUT2D eigenvalue weighted by Crippen LogP contribution is -2.35. The molecule has 0 bridgehead atoms. The standard InChI is InChI=1S/C16H20N2O2S/c1-11(20-3)16(19)17-10-9-14-18-15(12(2)21-14)13-7-5-4-6-8-13/h4-8,11H,9-10H2,1-3H3,(H,17,19)/t11-/m1/s1. The normalized spacial score (nSPS) is 12.1. The maximum atomic E-state index is 11.6. The van der Waals surface area contributed by atoms with Crippen LogP contribution in [0.2, 0.25) is 0 Å². The number of carbonyl (C=O) groups excluding carboxylic acids is 1. The molecule has 1 aromatic heterocycles. The van der Waals surface area contributed by atoms with Crippen molar-refractivity contribution in [3.8, 4) is 11.3 Å². The van der Waals surface area contributed by atoms with Crippen molar-refractivity contribution in [1.29, 1.82) is 0 Å².